The highest BCUT2D eigenvalue weighted by Gasteiger charge is 2.32. The van der Waals surface area contributed by atoms with Gasteiger partial charge in [-0.05, 0) is 25.1 Å². The van der Waals surface area contributed by atoms with Crippen molar-refractivity contribution in [3.05, 3.63) is 59.7 Å². The van der Waals surface area contributed by atoms with E-state index in [-0.39, 0.29) is 12.1 Å². The van der Waals surface area contributed by atoms with Crippen LogP contribution in [0.15, 0.2) is 48.5 Å². The van der Waals surface area contributed by atoms with Gasteiger partial charge in [0.1, 0.15) is 11.9 Å². The van der Waals surface area contributed by atoms with E-state index < -0.39 is 0 Å². The third-order valence-corrected chi connectivity index (χ3v) is 3.80. The summed E-state index contributed by atoms with van der Waals surface area (Å²) in [4.78, 5) is 14.5. The molecule has 0 aliphatic carbocycles. The molecule has 1 aliphatic heterocycles. The summed E-state index contributed by atoms with van der Waals surface area (Å²) in [6.07, 6.45) is -0.214. The summed E-state index contributed by atoms with van der Waals surface area (Å²) in [6, 6.07) is 15.4. The van der Waals surface area contributed by atoms with E-state index in [4.69, 9.17) is 4.74 Å². The molecule has 0 radical (unpaired) electrons. The van der Waals surface area contributed by atoms with Crippen LogP contribution in [0.25, 0.3) is 0 Å². The lowest BCUT2D eigenvalue weighted by atomic mass is 10.0. The maximum Gasteiger partial charge on any atom is 0.257 e. The minimum Gasteiger partial charge on any atom is -0.496 e. The lowest BCUT2D eigenvalue weighted by Gasteiger charge is -2.38. The van der Waals surface area contributed by atoms with Gasteiger partial charge in [0.15, 0.2) is 0 Å². The predicted octanol–water partition coefficient (Wildman–Crippen LogP) is 3.28. The molecule has 0 bridgehead atoms. The average molecular weight is 282 g/mol. The molecular formula is C17H18N2O2. The Morgan fingerprint density at radius 1 is 1.14 bits per heavy atom. The molecule has 0 spiro atoms. The first-order valence-corrected chi connectivity index (χ1v) is 7.05. The minimum absolute atomic E-state index is 0.0442. The molecule has 0 saturated carbocycles. The van der Waals surface area contributed by atoms with Crippen molar-refractivity contribution in [2.24, 2.45) is 0 Å². The summed E-state index contributed by atoms with van der Waals surface area (Å²) < 4.78 is 5.44. The van der Waals surface area contributed by atoms with E-state index in [9.17, 15) is 4.79 Å². The fourth-order valence-corrected chi connectivity index (χ4v) is 2.76. The van der Waals surface area contributed by atoms with Gasteiger partial charge >= 0.3 is 0 Å². The van der Waals surface area contributed by atoms with Gasteiger partial charge in [-0.2, -0.15) is 0 Å². The van der Waals surface area contributed by atoms with E-state index in [0.29, 0.717) is 12.1 Å². The van der Waals surface area contributed by atoms with Gasteiger partial charge in [-0.1, -0.05) is 30.3 Å². The number of benzene rings is 2. The van der Waals surface area contributed by atoms with Crippen molar-refractivity contribution in [1.82, 2.24) is 4.90 Å². The Bertz CT molecular complexity index is 669. The van der Waals surface area contributed by atoms with Gasteiger partial charge in [-0.15, -0.1) is 0 Å². The predicted molar refractivity (Wildman–Crippen MR) is 82.5 cm³/mol. The molecule has 0 unspecified atom stereocenters. The van der Waals surface area contributed by atoms with Crippen LogP contribution in [-0.4, -0.2) is 24.5 Å². The minimum atomic E-state index is -0.214. The van der Waals surface area contributed by atoms with Gasteiger partial charge < -0.3 is 15.0 Å². The first-order valence-electron chi connectivity index (χ1n) is 7.05. The molecule has 108 valence electrons. The van der Waals surface area contributed by atoms with Crippen LogP contribution in [0.2, 0.25) is 0 Å². The van der Waals surface area contributed by atoms with E-state index in [1.54, 1.807) is 7.11 Å². The van der Waals surface area contributed by atoms with Crippen molar-refractivity contribution in [3.8, 4) is 5.75 Å². The van der Waals surface area contributed by atoms with Gasteiger partial charge in [0.2, 0.25) is 0 Å². The SMILES string of the molecule is CCN1C(=O)c2ccccc2N[C@@H]1c1ccccc1OC. The van der Waals surface area contributed by atoms with E-state index in [1.807, 2.05) is 60.4 Å². The van der Waals surface area contributed by atoms with Crippen molar-refractivity contribution in [2.75, 3.05) is 19.0 Å². The Balaban J connectivity index is 2.08. The highest BCUT2D eigenvalue weighted by atomic mass is 16.5. The first kappa shape index (κ1) is 13.5. The molecule has 2 aromatic rings. The molecule has 4 heteroatoms. The number of nitrogens with one attached hydrogen (secondary N) is 1. The van der Waals surface area contributed by atoms with E-state index in [1.165, 1.54) is 0 Å². The van der Waals surface area contributed by atoms with E-state index in [0.717, 1.165) is 17.0 Å². The topological polar surface area (TPSA) is 41.6 Å². The smallest absolute Gasteiger partial charge is 0.257 e. The van der Waals surface area contributed by atoms with Crippen molar-refractivity contribution >= 4 is 11.6 Å². The van der Waals surface area contributed by atoms with Gasteiger partial charge in [0.05, 0.1) is 12.7 Å². The zero-order chi connectivity index (χ0) is 14.8. The molecule has 1 heterocycles. The number of ether oxygens (including phenoxy) is 1. The number of anilines is 1. The molecule has 1 amide bonds. The van der Waals surface area contributed by atoms with Crippen LogP contribution in [0.3, 0.4) is 0 Å². The molecule has 4 nitrogen and oxygen atoms in total. The average Bonchev–Trinajstić information content (AvgIpc) is 2.54. The zero-order valence-corrected chi connectivity index (χ0v) is 12.2. The highest BCUT2D eigenvalue weighted by molar-refractivity contribution is 6.01. The van der Waals surface area contributed by atoms with E-state index in [2.05, 4.69) is 5.32 Å². The Morgan fingerprint density at radius 3 is 2.62 bits per heavy atom. The second-order valence-electron chi connectivity index (χ2n) is 4.93. The second-order valence-corrected chi connectivity index (χ2v) is 4.93. The van der Waals surface area contributed by atoms with E-state index >= 15 is 0 Å². The molecular weight excluding hydrogens is 264 g/mol. The molecule has 0 aromatic heterocycles. The Morgan fingerprint density at radius 2 is 1.86 bits per heavy atom. The summed E-state index contributed by atoms with van der Waals surface area (Å²) in [5.41, 5.74) is 2.54. The number of methoxy groups -OCH3 is 1. The normalized spacial score (nSPS) is 17.1. The van der Waals surface area contributed by atoms with Crippen LogP contribution in [0.4, 0.5) is 5.69 Å². The summed E-state index contributed by atoms with van der Waals surface area (Å²) in [7, 11) is 1.65. The van der Waals surface area contributed by atoms with Gasteiger partial charge in [0.25, 0.3) is 5.91 Å². The van der Waals surface area contributed by atoms with Crippen LogP contribution in [0, 0.1) is 0 Å². The van der Waals surface area contributed by atoms with Crippen LogP contribution in [0.1, 0.15) is 29.0 Å². The summed E-state index contributed by atoms with van der Waals surface area (Å²) in [5, 5.41) is 3.44. The van der Waals surface area contributed by atoms with Crippen molar-refractivity contribution in [3.63, 3.8) is 0 Å². The standard InChI is InChI=1S/C17H18N2O2/c1-3-19-16(13-9-5-7-11-15(13)21-2)18-14-10-6-4-8-12(14)17(19)20/h4-11,16,18H,3H2,1-2H3/t16-/m0/s1. The number of carbonyl (C=O) groups excluding carboxylic acids is 1. The number of amides is 1. The largest absolute Gasteiger partial charge is 0.496 e. The number of hydrogen-bond donors (Lipinski definition) is 1. The summed E-state index contributed by atoms with van der Waals surface area (Å²) >= 11 is 0. The monoisotopic (exact) mass is 282 g/mol. The Kier molecular flexibility index (Phi) is 3.52. The second kappa shape index (κ2) is 5.48. The maximum absolute atomic E-state index is 12.7. The van der Waals surface area contributed by atoms with Crippen LogP contribution < -0.4 is 10.1 Å². The number of nitrogens with zero attached hydrogens (tertiary/aromatic N) is 1. The quantitative estimate of drug-likeness (QED) is 0.939. The molecule has 0 saturated heterocycles. The molecule has 1 N–H and O–H groups in total. The third kappa shape index (κ3) is 2.23. The number of rotatable bonds is 3. The van der Waals surface area contributed by atoms with Crippen LogP contribution >= 0.6 is 0 Å². The molecule has 3 rings (SSSR count). The first-order chi connectivity index (χ1) is 10.3. The van der Waals surface area contributed by atoms with Crippen LogP contribution in [-0.2, 0) is 0 Å². The van der Waals surface area contributed by atoms with Crippen LogP contribution in [0.5, 0.6) is 5.75 Å². The Labute approximate surface area is 124 Å². The molecule has 1 atom stereocenters. The maximum atomic E-state index is 12.7. The number of carbonyl (C=O) groups is 1. The highest BCUT2D eigenvalue weighted by Crippen LogP contribution is 2.36. The summed E-state index contributed by atoms with van der Waals surface area (Å²) in [6.45, 7) is 2.61. The number of hydrogen-bond acceptors (Lipinski definition) is 3. The molecule has 21 heavy (non-hydrogen) atoms. The van der Waals surface area contributed by atoms with Crippen molar-refractivity contribution in [2.45, 2.75) is 13.1 Å². The molecule has 2 aromatic carbocycles. The van der Waals surface area contributed by atoms with Crippen molar-refractivity contribution < 1.29 is 9.53 Å². The van der Waals surface area contributed by atoms with Gasteiger partial charge in [0, 0.05) is 17.8 Å². The Hall–Kier alpha value is -2.49. The van der Waals surface area contributed by atoms with Gasteiger partial charge in [-0.3, -0.25) is 4.79 Å². The van der Waals surface area contributed by atoms with Gasteiger partial charge in [-0.25, -0.2) is 0 Å². The van der Waals surface area contributed by atoms with Crippen molar-refractivity contribution in [1.29, 1.82) is 0 Å². The lowest BCUT2D eigenvalue weighted by Crippen LogP contribution is -2.42. The fourth-order valence-electron chi connectivity index (χ4n) is 2.76. The number of para-hydroxylation sites is 2. The summed E-state index contributed by atoms with van der Waals surface area (Å²) in [5.74, 6) is 0.823. The number of fused-ring (bicyclic) bond motifs is 1. The third-order valence-electron chi connectivity index (χ3n) is 3.80. The lowest BCUT2D eigenvalue weighted by molar-refractivity contribution is 0.0693. The fraction of sp³-hybridized carbons (Fsp3) is 0.235. The zero-order valence-electron chi connectivity index (χ0n) is 12.2. The molecule has 0 fully saturated rings. The molecule has 1 aliphatic rings.